The number of likely N-dealkylation sites (N-methyl/N-ethyl adjacent to an activating group) is 3. The zero-order valence-corrected chi connectivity index (χ0v) is 11.4. The van der Waals surface area contributed by atoms with Crippen molar-refractivity contribution in [3.8, 4) is 0 Å². The maximum Gasteiger partial charge on any atom is 0.0110 e. The van der Waals surface area contributed by atoms with Gasteiger partial charge >= 0.3 is 0 Å². The minimum Gasteiger partial charge on any atom is -0.302 e. The van der Waals surface area contributed by atoms with E-state index in [1.807, 2.05) is 0 Å². The molecule has 1 saturated heterocycles. The molecule has 1 fully saturated rings. The molecule has 0 radical (unpaired) electrons. The predicted molar refractivity (Wildman–Crippen MR) is 71.0 cm³/mol. The van der Waals surface area contributed by atoms with Crippen LogP contribution in [0.5, 0.6) is 0 Å². The predicted octanol–water partition coefficient (Wildman–Crippen LogP) is 1.36. The fourth-order valence-corrected chi connectivity index (χ4v) is 2.37. The molecular formula is C13H29N3. The van der Waals surface area contributed by atoms with E-state index in [1.165, 1.54) is 65.3 Å². The van der Waals surface area contributed by atoms with E-state index < -0.39 is 0 Å². The second-order valence-electron chi connectivity index (χ2n) is 4.66. The van der Waals surface area contributed by atoms with Gasteiger partial charge in [-0.15, -0.1) is 0 Å². The van der Waals surface area contributed by atoms with Crippen LogP contribution in [0.1, 0.15) is 27.2 Å². The Balaban J connectivity index is 2.45. The molecule has 1 aliphatic rings. The molecule has 0 N–H and O–H groups in total. The van der Waals surface area contributed by atoms with Gasteiger partial charge < -0.3 is 14.7 Å². The Labute approximate surface area is 101 Å². The number of hydrogen-bond acceptors (Lipinski definition) is 3. The topological polar surface area (TPSA) is 9.72 Å². The fraction of sp³-hybridized carbons (Fsp3) is 1.00. The van der Waals surface area contributed by atoms with Gasteiger partial charge in [0.05, 0.1) is 0 Å². The Kier molecular flexibility index (Phi) is 7.01. The van der Waals surface area contributed by atoms with E-state index >= 15 is 0 Å². The van der Waals surface area contributed by atoms with Crippen LogP contribution < -0.4 is 0 Å². The van der Waals surface area contributed by atoms with Gasteiger partial charge in [0.2, 0.25) is 0 Å². The second-order valence-corrected chi connectivity index (χ2v) is 4.66. The third-order valence-electron chi connectivity index (χ3n) is 3.76. The first-order chi connectivity index (χ1) is 7.80. The summed E-state index contributed by atoms with van der Waals surface area (Å²) in [6, 6.07) is 0. The molecule has 3 nitrogen and oxygen atoms in total. The van der Waals surface area contributed by atoms with Crippen molar-refractivity contribution in [2.24, 2.45) is 0 Å². The van der Waals surface area contributed by atoms with Gasteiger partial charge in [0.1, 0.15) is 0 Å². The Morgan fingerprint density at radius 1 is 0.562 bits per heavy atom. The van der Waals surface area contributed by atoms with Crippen molar-refractivity contribution in [2.45, 2.75) is 27.2 Å². The molecule has 0 aromatic rings. The standard InChI is InChI=1S/C13H29N3/c1-4-14-8-7-9-15(5-2)11-13-16(6-3)12-10-14/h4-13H2,1-3H3. The van der Waals surface area contributed by atoms with Crippen molar-refractivity contribution < 1.29 is 0 Å². The Hall–Kier alpha value is -0.120. The Morgan fingerprint density at radius 2 is 0.875 bits per heavy atom. The highest BCUT2D eigenvalue weighted by Crippen LogP contribution is 2.01. The monoisotopic (exact) mass is 227 g/mol. The molecule has 0 saturated carbocycles. The molecule has 0 aromatic carbocycles. The van der Waals surface area contributed by atoms with Crippen LogP contribution in [-0.2, 0) is 0 Å². The molecule has 0 bridgehead atoms. The molecule has 0 aromatic heterocycles. The molecule has 1 aliphatic heterocycles. The lowest BCUT2D eigenvalue weighted by atomic mass is 10.3. The number of hydrogen-bond donors (Lipinski definition) is 0. The number of rotatable bonds is 3. The van der Waals surface area contributed by atoms with Crippen molar-refractivity contribution in [1.29, 1.82) is 0 Å². The van der Waals surface area contributed by atoms with Crippen LogP contribution in [0.15, 0.2) is 0 Å². The molecule has 0 amide bonds. The highest BCUT2D eigenvalue weighted by atomic mass is 15.2. The Morgan fingerprint density at radius 3 is 1.19 bits per heavy atom. The summed E-state index contributed by atoms with van der Waals surface area (Å²) >= 11 is 0. The van der Waals surface area contributed by atoms with Crippen LogP contribution in [0.25, 0.3) is 0 Å². The van der Waals surface area contributed by atoms with E-state index in [0.29, 0.717) is 0 Å². The van der Waals surface area contributed by atoms with Gasteiger partial charge in [0.25, 0.3) is 0 Å². The first-order valence-corrected chi connectivity index (χ1v) is 6.97. The summed E-state index contributed by atoms with van der Waals surface area (Å²) in [4.78, 5) is 7.75. The van der Waals surface area contributed by atoms with E-state index in [-0.39, 0.29) is 0 Å². The summed E-state index contributed by atoms with van der Waals surface area (Å²) in [5.41, 5.74) is 0. The van der Waals surface area contributed by atoms with Gasteiger partial charge in [-0.2, -0.15) is 0 Å². The lowest BCUT2D eigenvalue weighted by Gasteiger charge is -2.31. The first kappa shape index (κ1) is 13.9. The Bertz CT molecular complexity index is 157. The van der Waals surface area contributed by atoms with Crippen molar-refractivity contribution in [3.05, 3.63) is 0 Å². The van der Waals surface area contributed by atoms with Crippen LogP contribution in [-0.4, -0.2) is 73.6 Å². The molecule has 0 unspecified atom stereocenters. The summed E-state index contributed by atoms with van der Waals surface area (Å²) in [6.07, 6.45) is 1.33. The molecule has 96 valence electrons. The zero-order chi connectivity index (χ0) is 11.8. The normalized spacial score (nSPS) is 23.4. The van der Waals surface area contributed by atoms with Crippen molar-refractivity contribution >= 4 is 0 Å². The van der Waals surface area contributed by atoms with Gasteiger partial charge in [-0.3, -0.25) is 0 Å². The molecular weight excluding hydrogens is 198 g/mol. The van der Waals surface area contributed by atoms with Crippen LogP contribution in [0, 0.1) is 0 Å². The van der Waals surface area contributed by atoms with Crippen LogP contribution in [0.2, 0.25) is 0 Å². The highest BCUT2D eigenvalue weighted by Gasteiger charge is 2.11. The van der Waals surface area contributed by atoms with E-state index in [4.69, 9.17) is 0 Å². The largest absolute Gasteiger partial charge is 0.302 e. The quantitative estimate of drug-likeness (QED) is 0.721. The maximum atomic E-state index is 2.59. The summed E-state index contributed by atoms with van der Waals surface area (Å²) in [5, 5.41) is 0. The molecule has 0 spiro atoms. The lowest BCUT2D eigenvalue weighted by Crippen LogP contribution is -2.42. The van der Waals surface area contributed by atoms with E-state index in [9.17, 15) is 0 Å². The molecule has 3 heteroatoms. The van der Waals surface area contributed by atoms with Crippen molar-refractivity contribution in [3.63, 3.8) is 0 Å². The average molecular weight is 227 g/mol. The van der Waals surface area contributed by atoms with Crippen LogP contribution >= 0.6 is 0 Å². The minimum absolute atomic E-state index is 1.19. The van der Waals surface area contributed by atoms with E-state index in [0.717, 1.165) is 0 Å². The van der Waals surface area contributed by atoms with Gasteiger partial charge in [0, 0.05) is 26.2 Å². The maximum absolute atomic E-state index is 2.59. The summed E-state index contributed by atoms with van der Waals surface area (Å²) in [5.74, 6) is 0. The summed E-state index contributed by atoms with van der Waals surface area (Å²) < 4.78 is 0. The summed E-state index contributed by atoms with van der Waals surface area (Å²) in [6.45, 7) is 17.9. The van der Waals surface area contributed by atoms with E-state index in [1.54, 1.807) is 0 Å². The molecule has 1 heterocycles. The van der Waals surface area contributed by atoms with Crippen molar-refractivity contribution in [1.82, 2.24) is 14.7 Å². The first-order valence-electron chi connectivity index (χ1n) is 6.97. The van der Waals surface area contributed by atoms with E-state index in [2.05, 4.69) is 35.5 Å². The highest BCUT2D eigenvalue weighted by molar-refractivity contribution is 4.68. The minimum atomic E-state index is 1.19. The van der Waals surface area contributed by atoms with Gasteiger partial charge in [0.15, 0.2) is 0 Å². The lowest BCUT2D eigenvalue weighted by molar-refractivity contribution is 0.159. The second kappa shape index (κ2) is 8.04. The molecule has 0 atom stereocenters. The van der Waals surface area contributed by atoms with Crippen LogP contribution in [0.4, 0.5) is 0 Å². The van der Waals surface area contributed by atoms with Crippen LogP contribution in [0.3, 0.4) is 0 Å². The van der Waals surface area contributed by atoms with Gasteiger partial charge in [-0.25, -0.2) is 0 Å². The molecule has 1 rings (SSSR count). The number of nitrogens with zero attached hydrogens (tertiary/aromatic N) is 3. The summed E-state index contributed by atoms with van der Waals surface area (Å²) in [7, 11) is 0. The molecule has 0 aliphatic carbocycles. The molecule has 16 heavy (non-hydrogen) atoms. The zero-order valence-electron chi connectivity index (χ0n) is 11.4. The fourth-order valence-electron chi connectivity index (χ4n) is 2.37. The van der Waals surface area contributed by atoms with Gasteiger partial charge in [-0.05, 0) is 39.1 Å². The average Bonchev–Trinajstić information content (AvgIpc) is 2.34. The third kappa shape index (κ3) is 4.81. The SMILES string of the molecule is CCN1CCCN(CC)CCN(CC)CC1. The smallest absolute Gasteiger partial charge is 0.0110 e. The van der Waals surface area contributed by atoms with Gasteiger partial charge in [-0.1, -0.05) is 20.8 Å². The van der Waals surface area contributed by atoms with Crippen molar-refractivity contribution in [2.75, 3.05) is 58.9 Å². The third-order valence-corrected chi connectivity index (χ3v) is 3.76.